The van der Waals surface area contributed by atoms with Crippen LogP contribution in [0.2, 0.25) is 0 Å². The standard InChI is InChI=1S/C4H9N/c1-5-4-2-3-4/h4-5H,2-3H2,1H3/i4+2. The first-order chi connectivity index (χ1) is 2.43. The van der Waals surface area contributed by atoms with E-state index < -0.39 is 0 Å². The zero-order valence-electron chi connectivity index (χ0n) is 3.49. The minimum atomic E-state index is 0.884. The predicted octanol–water partition coefficient (Wildman–Crippen LogP) is 0.368. The average Bonchev–Trinajstić information content (AvgIpc) is 2.12. The third-order valence-corrected chi connectivity index (χ3v) is 0.986. The Morgan fingerprint density at radius 3 is 2.20 bits per heavy atom. The molecule has 1 N–H and O–H groups in total. The van der Waals surface area contributed by atoms with Gasteiger partial charge in [0.05, 0.1) is 0 Å². The maximum atomic E-state index is 3.14. The van der Waals surface area contributed by atoms with Crippen molar-refractivity contribution in [3.05, 3.63) is 0 Å². The SMILES string of the molecule is CN[14CH]1CC1. The van der Waals surface area contributed by atoms with Crippen molar-refractivity contribution in [2.45, 2.75) is 18.9 Å². The van der Waals surface area contributed by atoms with Crippen molar-refractivity contribution in [1.29, 1.82) is 0 Å². The van der Waals surface area contributed by atoms with Crippen LogP contribution >= 0.6 is 0 Å². The van der Waals surface area contributed by atoms with E-state index in [1.807, 2.05) is 7.05 Å². The summed E-state index contributed by atoms with van der Waals surface area (Å²) in [6.45, 7) is 0. The molecule has 0 amide bonds. The van der Waals surface area contributed by atoms with Gasteiger partial charge in [0, 0.05) is 6.04 Å². The Balaban J connectivity index is 2.00. The minimum absolute atomic E-state index is 0.884. The lowest BCUT2D eigenvalue weighted by Crippen LogP contribution is -2.06. The van der Waals surface area contributed by atoms with Crippen LogP contribution in [0.1, 0.15) is 12.8 Å². The van der Waals surface area contributed by atoms with Gasteiger partial charge >= 0.3 is 0 Å². The summed E-state index contributed by atoms with van der Waals surface area (Å²) in [7, 11) is 2.01. The molecular weight excluding hydrogens is 64.0 g/mol. The van der Waals surface area contributed by atoms with Gasteiger partial charge in [-0.25, -0.2) is 0 Å². The molecule has 1 rings (SSSR count). The van der Waals surface area contributed by atoms with Crippen molar-refractivity contribution in [1.82, 2.24) is 5.32 Å². The monoisotopic (exact) mass is 73.1 g/mol. The molecule has 1 fully saturated rings. The van der Waals surface area contributed by atoms with Crippen molar-refractivity contribution in [2.24, 2.45) is 0 Å². The predicted molar refractivity (Wildman–Crippen MR) is 22.1 cm³/mol. The van der Waals surface area contributed by atoms with Crippen LogP contribution in [0, 0.1) is 0 Å². The van der Waals surface area contributed by atoms with E-state index in [4.69, 9.17) is 0 Å². The van der Waals surface area contributed by atoms with Crippen LogP contribution in [0.15, 0.2) is 0 Å². The summed E-state index contributed by atoms with van der Waals surface area (Å²) < 4.78 is 0. The number of hydrogen-bond acceptors (Lipinski definition) is 1. The first-order valence-electron chi connectivity index (χ1n) is 2.11. The van der Waals surface area contributed by atoms with Crippen LogP contribution in [-0.4, -0.2) is 13.1 Å². The Hall–Kier alpha value is -0.0400. The second kappa shape index (κ2) is 0.977. The van der Waals surface area contributed by atoms with E-state index in [-0.39, 0.29) is 0 Å². The van der Waals surface area contributed by atoms with E-state index in [0.29, 0.717) is 0 Å². The molecule has 0 spiro atoms. The molecule has 0 aromatic heterocycles. The summed E-state index contributed by atoms with van der Waals surface area (Å²) in [6, 6.07) is 0.884. The molecule has 5 heavy (non-hydrogen) atoms. The van der Waals surface area contributed by atoms with Gasteiger partial charge in [-0.05, 0) is 19.9 Å². The zero-order chi connectivity index (χ0) is 3.70. The minimum Gasteiger partial charge on any atom is -0.317 e. The van der Waals surface area contributed by atoms with E-state index in [9.17, 15) is 0 Å². The Kier molecular flexibility index (Phi) is 0.618. The molecule has 1 aliphatic carbocycles. The molecule has 0 aliphatic heterocycles. The molecule has 0 heterocycles. The van der Waals surface area contributed by atoms with Crippen LogP contribution in [0.25, 0.3) is 0 Å². The highest BCUT2D eigenvalue weighted by Gasteiger charge is 2.17. The summed E-state index contributed by atoms with van der Waals surface area (Å²) in [5.41, 5.74) is 0. The highest BCUT2D eigenvalue weighted by Crippen LogP contribution is 2.16. The molecule has 1 heteroatoms. The molecule has 1 nitrogen and oxygen atoms in total. The Bertz CT molecular complexity index is 30.6. The summed E-state index contributed by atoms with van der Waals surface area (Å²) in [5, 5.41) is 3.14. The smallest absolute Gasteiger partial charge is 0.00652 e. The fraction of sp³-hybridized carbons (Fsp3) is 1.00. The van der Waals surface area contributed by atoms with E-state index in [1.165, 1.54) is 12.8 Å². The van der Waals surface area contributed by atoms with Crippen molar-refractivity contribution < 1.29 is 0 Å². The molecule has 0 saturated heterocycles. The Labute approximate surface area is 32.4 Å². The third kappa shape index (κ3) is 0.618. The lowest BCUT2D eigenvalue weighted by Gasteiger charge is -1.80. The van der Waals surface area contributed by atoms with Gasteiger partial charge in [-0.1, -0.05) is 0 Å². The molecule has 0 unspecified atom stereocenters. The molecule has 0 atom stereocenters. The van der Waals surface area contributed by atoms with E-state index in [1.54, 1.807) is 0 Å². The van der Waals surface area contributed by atoms with Crippen molar-refractivity contribution in [2.75, 3.05) is 7.05 Å². The van der Waals surface area contributed by atoms with Gasteiger partial charge in [-0.15, -0.1) is 0 Å². The van der Waals surface area contributed by atoms with E-state index in [2.05, 4.69) is 5.32 Å². The van der Waals surface area contributed by atoms with Crippen molar-refractivity contribution in [3.8, 4) is 0 Å². The van der Waals surface area contributed by atoms with Crippen molar-refractivity contribution in [3.63, 3.8) is 0 Å². The van der Waals surface area contributed by atoms with Crippen molar-refractivity contribution >= 4 is 0 Å². The molecule has 0 aromatic rings. The molecule has 0 radical (unpaired) electrons. The second-order valence-electron chi connectivity index (χ2n) is 1.56. The first-order valence-corrected chi connectivity index (χ1v) is 2.11. The van der Waals surface area contributed by atoms with E-state index >= 15 is 0 Å². The number of hydrogen-bond donors (Lipinski definition) is 1. The summed E-state index contributed by atoms with van der Waals surface area (Å²) in [6.07, 6.45) is 2.80. The van der Waals surface area contributed by atoms with Crippen LogP contribution in [0.4, 0.5) is 0 Å². The summed E-state index contributed by atoms with van der Waals surface area (Å²) >= 11 is 0. The van der Waals surface area contributed by atoms with Gasteiger partial charge in [0.25, 0.3) is 0 Å². The summed E-state index contributed by atoms with van der Waals surface area (Å²) in [5.74, 6) is 0. The van der Waals surface area contributed by atoms with Crippen LogP contribution in [-0.2, 0) is 0 Å². The Morgan fingerprint density at radius 1 is 1.60 bits per heavy atom. The fourth-order valence-electron chi connectivity index (χ4n) is 0.372. The lowest BCUT2D eigenvalue weighted by molar-refractivity contribution is 0.811. The van der Waals surface area contributed by atoms with Crippen LogP contribution in [0.5, 0.6) is 0 Å². The lowest BCUT2D eigenvalue weighted by atomic mass is 11.0. The molecule has 30 valence electrons. The number of rotatable bonds is 1. The zero-order valence-corrected chi connectivity index (χ0v) is 3.49. The highest BCUT2D eigenvalue weighted by molar-refractivity contribution is 4.78. The molecular formula is C4H9N. The maximum Gasteiger partial charge on any atom is 0.00652 e. The third-order valence-electron chi connectivity index (χ3n) is 0.986. The van der Waals surface area contributed by atoms with Gasteiger partial charge in [-0.3, -0.25) is 0 Å². The van der Waals surface area contributed by atoms with Gasteiger partial charge in [0.2, 0.25) is 0 Å². The first kappa shape index (κ1) is 3.16. The van der Waals surface area contributed by atoms with Gasteiger partial charge in [-0.2, -0.15) is 0 Å². The highest BCUT2D eigenvalue weighted by atomic mass is 15.6. The van der Waals surface area contributed by atoms with E-state index in [0.717, 1.165) is 6.04 Å². The van der Waals surface area contributed by atoms with Gasteiger partial charge < -0.3 is 5.32 Å². The topological polar surface area (TPSA) is 12.0 Å². The van der Waals surface area contributed by atoms with Crippen LogP contribution in [0.3, 0.4) is 0 Å². The molecule has 1 saturated carbocycles. The molecule has 0 aromatic carbocycles. The fourth-order valence-corrected chi connectivity index (χ4v) is 0.372. The molecule has 1 aliphatic rings. The number of nitrogens with one attached hydrogen (secondary N) is 1. The van der Waals surface area contributed by atoms with Crippen LogP contribution < -0.4 is 5.32 Å². The normalized spacial score (nSPS) is 23.4. The summed E-state index contributed by atoms with van der Waals surface area (Å²) in [4.78, 5) is 0. The average molecular weight is 73.1 g/mol. The Morgan fingerprint density at radius 2 is 2.20 bits per heavy atom. The molecule has 0 bridgehead atoms. The second-order valence-corrected chi connectivity index (χ2v) is 1.56. The van der Waals surface area contributed by atoms with Gasteiger partial charge in [0.15, 0.2) is 0 Å². The quantitative estimate of drug-likeness (QED) is 0.473. The maximum absolute atomic E-state index is 3.14. The van der Waals surface area contributed by atoms with Gasteiger partial charge in [0.1, 0.15) is 0 Å². The largest absolute Gasteiger partial charge is 0.317 e.